The summed E-state index contributed by atoms with van der Waals surface area (Å²) in [5.41, 5.74) is 3.96. The van der Waals surface area contributed by atoms with E-state index < -0.39 is 11.9 Å². The van der Waals surface area contributed by atoms with Crippen LogP contribution in [0.4, 0.5) is 5.69 Å². The molecule has 1 atom stereocenters. The van der Waals surface area contributed by atoms with Crippen LogP contribution in [-0.2, 0) is 4.79 Å². The van der Waals surface area contributed by atoms with E-state index in [0.717, 1.165) is 35.3 Å². The summed E-state index contributed by atoms with van der Waals surface area (Å²) in [6.45, 7) is 4.77. The zero-order valence-electron chi connectivity index (χ0n) is 13.9. The number of unbranched alkanes of at least 4 members (excludes halogenated alkanes) is 2. The van der Waals surface area contributed by atoms with Gasteiger partial charge in [-0.25, -0.2) is 0 Å². The molecule has 2 aromatic carbocycles. The van der Waals surface area contributed by atoms with Crippen molar-refractivity contribution in [3.63, 3.8) is 0 Å². The van der Waals surface area contributed by atoms with Crippen LogP contribution in [0.2, 0.25) is 0 Å². The fourth-order valence-electron chi connectivity index (χ4n) is 2.71. The van der Waals surface area contributed by atoms with Gasteiger partial charge in [-0.15, -0.1) is 0 Å². The minimum atomic E-state index is -0.799. The number of hydrogen-bond donors (Lipinski definition) is 2. The monoisotopic (exact) mass is 311 g/mol. The highest BCUT2D eigenvalue weighted by Gasteiger charge is 2.19. The lowest BCUT2D eigenvalue weighted by Gasteiger charge is -2.19. The van der Waals surface area contributed by atoms with E-state index in [1.54, 1.807) is 6.92 Å². The third kappa shape index (κ3) is 4.35. The number of carbonyl (C=O) groups is 1. The van der Waals surface area contributed by atoms with E-state index in [4.69, 9.17) is 0 Å². The van der Waals surface area contributed by atoms with Crippen molar-refractivity contribution >= 4 is 11.7 Å². The maximum atomic E-state index is 11.4. The van der Waals surface area contributed by atoms with Crippen molar-refractivity contribution in [2.24, 2.45) is 0 Å². The van der Waals surface area contributed by atoms with Gasteiger partial charge >= 0.3 is 5.97 Å². The third-order valence-electron chi connectivity index (χ3n) is 4.10. The Balaban J connectivity index is 2.40. The van der Waals surface area contributed by atoms with Crippen molar-refractivity contribution in [1.29, 1.82) is 0 Å². The van der Waals surface area contributed by atoms with Gasteiger partial charge in [-0.3, -0.25) is 4.79 Å². The summed E-state index contributed by atoms with van der Waals surface area (Å²) in [4.78, 5) is 11.4. The SMILES string of the molecule is CCCCCNc1c(-c2ccccc2)cccc1[C@H](C)C(=O)O. The number of carboxylic acids is 1. The first kappa shape index (κ1) is 17.1. The van der Waals surface area contributed by atoms with Crippen LogP contribution in [0, 0.1) is 0 Å². The Bertz CT molecular complexity index is 637. The number of nitrogens with one attached hydrogen (secondary N) is 1. The van der Waals surface area contributed by atoms with Crippen molar-refractivity contribution in [2.75, 3.05) is 11.9 Å². The average Bonchev–Trinajstić information content (AvgIpc) is 2.58. The van der Waals surface area contributed by atoms with Gasteiger partial charge in [0, 0.05) is 17.8 Å². The van der Waals surface area contributed by atoms with E-state index >= 15 is 0 Å². The molecule has 0 spiro atoms. The highest BCUT2D eigenvalue weighted by Crippen LogP contribution is 2.35. The molecule has 0 radical (unpaired) electrons. The van der Waals surface area contributed by atoms with E-state index in [-0.39, 0.29) is 0 Å². The van der Waals surface area contributed by atoms with Crippen LogP contribution in [0.1, 0.15) is 44.6 Å². The number of para-hydroxylation sites is 1. The topological polar surface area (TPSA) is 49.3 Å². The van der Waals surface area contributed by atoms with Gasteiger partial charge in [0.25, 0.3) is 0 Å². The van der Waals surface area contributed by atoms with Crippen LogP contribution in [0.25, 0.3) is 11.1 Å². The second-order valence-corrected chi connectivity index (χ2v) is 5.83. The minimum Gasteiger partial charge on any atom is -0.481 e. The Hall–Kier alpha value is -2.29. The van der Waals surface area contributed by atoms with E-state index in [9.17, 15) is 9.90 Å². The fourth-order valence-corrected chi connectivity index (χ4v) is 2.71. The molecular formula is C20H25NO2. The molecule has 2 aromatic rings. The molecule has 2 rings (SSSR count). The molecule has 0 aliphatic heterocycles. The molecule has 3 nitrogen and oxygen atoms in total. The number of benzene rings is 2. The molecule has 0 saturated heterocycles. The van der Waals surface area contributed by atoms with Gasteiger partial charge in [0.2, 0.25) is 0 Å². The zero-order chi connectivity index (χ0) is 16.7. The summed E-state index contributed by atoms with van der Waals surface area (Å²) < 4.78 is 0. The lowest BCUT2D eigenvalue weighted by Crippen LogP contribution is -2.12. The second kappa shape index (κ2) is 8.37. The highest BCUT2D eigenvalue weighted by atomic mass is 16.4. The molecule has 122 valence electrons. The lowest BCUT2D eigenvalue weighted by atomic mass is 9.93. The van der Waals surface area contributed by atoms with Crippen LogP contribution in [-0.4, -0.2) is 17.6 Å². The molecule has 0 saturated carbocycles. The molecule has 0 aromatic heterocycles. The molecule has 0 unspecified atom stereocenters. The second-order valence-electron chi connectivity index (χ2n) is 5.83. The smallest absolute Gasteiger partial charge is 0.310 e. The maximum absolute atomic E-state index is 11.4. The molecule has 23 heavy (non-hydrogen) atoms. The van der Waals surface area contributed by atoms with Crippen molar-refractivity contribution in [3.8, 4) is 11.1 Å². The van der Waals surface area contributed by atoms with E-state index in [2.05, 4.69) is 30.4 Å². The lowest BCUT2D eigenvalue weighted by molar-refractivity contribution is -0.138. The van der Waals surface area contributed by atoms with Crippen LogP contribution in [0.3, 0.4) is 0 Å². The summed E-state index contributed by atoms with van der Waals surface area (Å²) in [5, 5.41) is 12.9. The minimum absolute atomic E-state index is 0.535. The Morgan fingerprint density at radius 2 is 1.83 bits per heavy atom. The quantitative estimate of drug-likeness (QED) is 0.663. The Morgan fingerprint density at radius 1 is 1.09 bits per heavy atom. The predicted octanol–water partition coefficient (Wildman–Crippen LogP) is 5.14. The fraction of sp³-hybridized carbons (Fsp3) is 0.350. The first-order valence-electron chi connectivity index (χ1n) is 8.30. The van der Waals surface area contributed by atoms with E-state index in [0.29, 0.717) is 0 Å². The van der Waals surface area contributed by atoms with E-state index in [1.165, 1.54) is 12.8 Å². The number of aliphatic carboxylic acids is 1. The van der Waals surface area contributed by atoms with Gasteiger partial charge in [0.1, 0.15) is 0 Å². The van der Waals surface area contributed by atoms with Gasteiger partial charge in [-0.2, -0.15) is 0 Å². The largest absolute Gasteiger partial charge is 0.481 e. The van der Waals surface area contributed by atoms with Crippen LogP contribution >= 0.6 is 0 Å². The summed E-state index contributed by atoms with van der Waals surface area (Å²) in [5.74, 6) is -1.33. The molecule has 0 aliphatic carbocycles. The molecular weight excluding hydrogens is 286 g/mol. The van der Waals surface area contributed by atoms with Gasteiger partial charge < -0.3 is 10.4 Å². The Morgan fingerprint density at radius 3 is 2.48 bits per heavy atom. The molecule has 0 bridgehead atoms. The molecule has 0 fully saturated rings. The first-order chi connectivity index (χ1) is 11.1. The molecule has 0 heterocycles. The van der Waals surface area contributed by atoms with Crippen LogP contribution < -0.4 is 5.32 Å². The number of anilines is 1. The molecule has 0 aliphatic rings. The summed E-state index contributed by atoms with van der Waals surface area (Å²) in [6.07, 6.45) is 3.42. The highest BCUT2D eigenvalue weighted by molar-refractivity contribution is 5.85. The number of carboxylic acid groups (broad SMARTS) is 1. The molecule has 0 amide bonds. The summed E-state index contributed by atoms with van der Waals surface area (Å²) in [6, 6.07) is 16.0. The van der Waals surface area contributed by atoms with Gasteiger partial charge in [0.05, 0.1) is 5.92 Å². The zero-order valence-corrected chi connectivity index (χ0v) is 13.9. The predicted molar refractivity (Wildman–Crippen MR) is 95.9 cm³/mol. The maximum Gasteiger partial charge on any atom is 0.310 e. The van der Waals surface area contributed by atoms with Crippen molar-refractivity contribution in [2.45, 2.75) is 39.0 Å². The standard InChI is InChI=1S/C20H25NO2/c1-3-4-8-14-21-19-17(15(2)20(22)23)12-9-13-18(19)16-10-6-5-7-11-16/h5-7,9-13,15,21H,3-4,8,14H2,1-2H3,(H,22,23)/t15-/m0/s1. The van der Waals surface area contributed by atoms with E-state index in [1.807, 2.05) is 30.3 Å². The van der Waals surface area contributed by atoms with Crippen LogP contribution in [0.15, 0.2) is 48.5 Å². The summed E-state index contributed by atoms with van der Waals surface area (Å²) in [7, 11) is 0. The Kier molecular flexibility index (Phi) is 6.21. The number of hydrogen-bond acceptors (Lipinski definition) is 2. The van der Waals surface area contributed by atoms with Gasteiger partial charge in [0.15, 0.2) is 0 Å². The third-order valence-corrected chi connectivity index (χ3v) is 4.10. The first-order valence-corrected chi connectivity index (χ1v) is 8.30. The number of rotatable bonds is 8. The normalized spacial score (nSPS) is 11.9. The molecule has 3 heteroatoms. The van der Waals surface area contributed by atoms with Crippen molar-refractivity contribution in [3.05, 3.63) is 54.1 Å². The van der Waals surface area contributed by atoms with Gasteiger partial charge in [-0.05, 0) is 24.5 Å². The molecule has 2 N–H and O–H groups in total. The van der Waals surface area contributed by atoms with Crippen molar-refractivity contribution < 1.29 is 9.90 Å². The summed E-state index contributed by atoms with van der Waals surface area (Å²) >= 11 is 0. The van der Waals surface area contributed by atoms with Crippen LogP contribution in [0.5, 0.6) is 0 Å². The van der Waals surface area contributed by atoms with Gasteiger partial charge in [-0.1, -0.05) is 68.3 Å². The average molecular weight is 311 g/mol. The Labute approximate surface area is 138 Å². The van der Waals surface area contributed by atoms with Crippen molar-refractivity contribution in [1.82, 2.24) is 0 Å².